The molecule has 2 aromatic rings. The zero-order chi connectivity index (χ0) is 9.97. The van der Waals surface area contributed by atoms with Gasteiger partial charge < -0.3 is 20.1 Å². The molecular weight excluding hydrogens is 180 g/mol. The van der Waals surface area contributed by atoms with E-state index in [4.69, 9.17) is 10.3 Å². The smallest absolute Gasteiger partial charge is 0.167 e. The van der Waals surface area contributed by atoms with Gasteiger partial charge in [0.15, 0.2) is 11.6 Å². The van der Waals surface area contributed by atoms with Gasteiger partial charge in [0.2, 0.25) is 0 Å². The Hall–Kier alpha value is -1.91. The van der Waals surface area contributed by atoms with Crippen LogP contribution < -0.4 is 10.6 Å². The number of hydrogen-bond acceptors (Lipinski definition) is 4. The average molecular weight is 192 g/mol. The zero-order valence-corrected chi connectivity index (χ0v) is 7.90. The Morgan fingerprint density at radius 3 is 3.07 bits per heavy atom. The van der Waals surface area contributed by atoms with E-state index in [0.717, 1.165) is 11.4 Å². The van der Waals surface area contributed by atoms with E-state index in [1.807, 2.05) is 30.4 Å². The summed E-state index contributed by atoms with van der Waals surface area (Å²) < 4.78 is 5.01. The molecule has 0 aromatic carbocycles. The highest BCUT2D eigenvalue weighted by Gasteiger charge is 2.06. The monoisotopic (exact) mass is 192 g/mol. The van der Waals surface area contributed by atoms with E-state index < -0.39 is 0 Å². The number of anilines is 2. The summed E-state index contributed by atoms with van der Waals surface area (Å²) in [6.07, 6.45) is 3.79. The molecule has 0 radical (unpaired) electrons. The normalized spacial score (nSPS) is 10.4. The first-order chi connectivity index (χ1) is 6.75. The molecule has 2 heterocycles. The predicted octanol–water partition coefficient (Wildman–Crippen LogP) is 1.22. The van der Waals surface area contributed by atoms with Gasteiger partial charge in [0.25, 0.3) is 0 Å². The topological polar surface area (TPSA) is 71.1 Å². The van der Waals surface area contributed by atoms with Crippen molar-refractivity contribution in [3.8, 4) is 0 Å². The van der Waals surface area contributed by atoms with Crippen molar-refractivity contribution in [2.45, 2.75) is 6.54 Å². The first kappa shape index (κ1) is 8.68. The highest BCUT2D eigenvalue weighted by Crippen LogP contribution is 2.14. The molecule has 3 N–H and O–H groups in total. The van der Waals surface area contributed by atoms with Crippen molar-refractivity contribution in [1.82, 2.24) is 10.1 Å². The molecule has 14 heavy (non-hydrogen) atoms. The summed E-state index contributed by atoms with van der Waals surface area (Å²) in [6, 6.07) is 3.71. The minimum absolute atomic E-state index is 0.419. The summed E-state index contributed by atoms with van der Waals surface area (Å²) in [6.45, 7) is 0.655. The molecule has 5 nitrogen and oxygen atoms in total. The second-order valence-electron chi connectivity index (χ2n) is 3.14. The van der Waals surface area contributed by atoms with Crippen LogP contribution in [0.15, 0.2) is 29.0 Å². The predicted molar refractivity (Wildman–Crippen MR) is 53.8 cm³/mol. The zero-order valence-electron chi connectivity index (χ0n) is 7.90. The van der Waals surface area contributed by atoms with E-state index in [1.54, 1.807) is 6.07 Å². The Kier molecular flexibility index (Phi) is 2.14. The van der Waals surface area contributed by atoms with Crippen LogP contribution in [0.2, 0.25) is 0 Å². The van der Waals surface area contributed by atoms with Crippen LogP contribution in [0.4, 0.5) is 11.5 Å². The number of nitrogen functional groups attached to an aromatic ring is 1. The van der Waals surface area contributed by atoms with Crippen LogP contribution in [0, 0.1) is 0 Å². The van der Waals surface area contributed by atoms with Crippen molar-refractivity contribution < 1.29 is 4.52 Å². The Labute approximate surface area is 81.5 Å². The van der Waals surface area contributed by atoms with Gasteiger partial charge in [0, 0.05) is 25.5 Å². The molecule has 0 aliphatic rings. The molecule has 0 amide bonds. The van der Waals surface area contributed by atoms with Crippen LogP contribution >= 0.6 is 0 Å². The van der Waals surface area contributed by atoms with E-state index >= 15 is 0 Å². The third-order valence-electron chi connectivity index (χ3n) is 1.99. The van der Waals surface area contributed by atoms with Gasteiger partial charge in [-0.1, -0.05) is 5.16 Å². The van der Waals surface area contributed by atoms with E-state index in [9.17, 15) is 0 Å². The van der Waals surface area contributed by atoms with E-state index in [1.165, 1.54) is 0 Å². The second kappa shape index (κ2) is 3.45. The molecule has 74 valence electrons. The summed E-state index contributed by atoms with van der Waals surface area (Å²) in [5.41, 5.74) is 6.54. The molecule has 0 spiro atoms. The van der Waals surface area contributed by atoms with Crippen LogP contribution in [-0.4, -0.2) is 17.2 Å². The Morgan fingerprint density at radius 1 is 1.64 bits per heavy atom. The minimum atomic E-state index is 0.419. The van der Waals surface area contributed by atoms with E-state index in [2.05, 4.69) is 10.1 Å². The lowest BCUT2D eigenvalue weighted by atomic mass is 10.4. The molecule has 0 saturated heterocycles. The molecule has 0 aliphatic carbocycles. The summed E-state index contributed by atoms with van der Waals surface area (Å²) in [7, 11) is 1.97. The quantitative estimate of drug-likeness (QED) is 0.767. The molecule has 0 bridgehead atoms. The number of aromatic nitrogens is 2. The second-order valence-corrected chi connectivity index (χ2v) is 3.14. The van der Waals surface area contributed by atoms with Gasteiger partial charge in [0.1, 0.15) is 0 Å². The fraction of sp³-hybridized carbons (Fsp3) is 0.222. The highest BCUT2D eigenvalue weighted by atomic mass is 16.5. The lowest BCUT2D eigenvalue weighted by Gasteiger charge is -2.14. The first-order valence-electron chi connectivity index (χ1n) is 4.30. The Morgan fingerprint density at radius 2 is 2.50 bits per heavy atom. The molecule has 0 saturated carbocycles. The summed E-state index contributed by atoms with van der Waals surface area (Å²) in [4.78, 5) is 5.03. The molecule has 0 aliphatic heterocycles. The maximum absolute atomic E-state index is 5.44. The van der Waals surface area contributed by atoms with Crippen molar-refractivity contribution in [2.24, 2.45) is 0 Å². The van der Waals surface area contributed by atoms with Gasteiger partial charge >= 0.3 is 0 Å². The molecular formula is C9H12N4O. The van der Waals surface area contributed by atoms with E-state index in [0.29, 0.717) is 12.4 Å². The number of nitrogens with two attached hydrogens (primary N) is 1. The lowest BCUT2D eigenvalue weighted by molar-refractivity contribution is 0.385. The van der Waals surface area contributed by atoms with Crippen LogP contribution in [0.25, 0.3) is 0 Å². The maximum atomic E-state index is 5.44. The van der Waals surface area contributed by atoms with Crippen LogP contribution in [-0.2, 0) is 6.54 Å². The van der Waals surface area contributed by atoms with Crippen LogP contribution in [0.5, 0.6) is 0 Å². The summed E-state index contributed by atoms with van der Waals surface area (Å²) in [5, 5.41) is 3.62. The van der Waals surface area contributed by atoms with Gasteiger partial charge in [-0.25, -0.2) is 0 Å². The molecule has 0 unspecified atom stereocenters. The standard InChI is InChI=1S/C9H12N4O/c1-13(7-2-3-11-5-7)6-8-4-9(10)12-14-8/h2-5,11H,6H2,1H3,(H2,10,12). The van der Waals surface area contributed by atoms with E-state index in [-0.39, 0.29) is 0 Å². The highest BCUT2D eigenvalue weighted by molar-refractivity contribution is 5.43. The van der Waals surface area contributed by atoms with Gasteiger partial charge in [-0.3, -0.25) is 0 Å². The first-order valence-corrected chi connectivity index (χ1v) is 4.30. The number of rotatable bonds is 3. The number of nitrogens with one attached hydrogen (secondary N) is 1. The van der Waals surface area contributed by atoms with Gasteiger partial charge in [-0.15, -0.1) is 0 Å². The van der Waals surface area contributed by atoms with Crippen molar-refractivity contribution in [1.29, 1.82) is 0 Å². The van der Waals surface area contributed by atoms with Crippen molar-refractivity contribution in [3.05, 3.63) is 30.3 Å². The molecule has 0 atom stereocenters. The van der Waals surface area contributed by atoms with Gasteiger partial charge in [-0.05, 0) is 6.07 Å². The third kappa shape index (κ3) is 1.71. The van der Waals surface area contributed by atoms with Crippen LogP contribution in [0.3, 0.4) is 0 Å². The summed E-state index contributed by atoms with van der Waals surface area (Å²) >= 11 is 0. The lowest BCUT2D eigenvalue weighted by Crippen LogP contribution is -2.14. The Balaban J connectivity index is 2.05. The third-order valence-corrected chi connectivity index (χ3v) is 1.99. The van der Waals surface area contributed by atoms with Gasteiger partial charge in [0.05, 0.1) is 12.2 Å². The van der Waals surface area contributed by atoms with Crippen molar-refractivity contribution in [2.75, 3.05) is 17.7 Å². The molecule has 5 heteroatoms. The fourth-order valence-electron chi connectivity index (χ4n) is 1.28. The maximum Gasteiger partial charge on any atom is 0.167 e. The minimum Gasteiger partial charge on any atom is -0.381 e. The fourth-order valence-corrected chi connectivity index (χ4v) is 1.28. The SMILES string of the molecule is CN(Cc1cc(N)no1)c1cc[nH]c1. The number of nitrogens with zero attached hydrogens (tertiary/aromatic N) is 2. The molecule has 2 aromatic heterocycles. The van der Waals surface area contributed by atoms with Crippen molar-refractivity contribution in [3.63, 3.8) is 0 Å². The number of aromatic amines is 1. The molecule has 0 fully saturated rings. The number of H-pyrrole nitrogens is 1. The van der Waals surface area contributed by atoms with Gasteiger partial charge in [-0.2, -0.15) is 0 Å². The average Bonchev–Trinajstić information content (AvgIpc) is 2.75. The summed E-state index contributed by atoms with van der Waals surface area (Å²) in [5.74, 6) is 1.17. The molecule has 2 rings (SSSR count). The van der Waals surface area contributed by atoms with Crippen molar-refractivity contribution >= 4 is 11.5 Å². The largest absolute Gasteiger partial charge is 0.381 e. The number of hydrogen-bond donors (Lipinski definition) is 2. The van der Waals surface area contributed by atoms with Crippen LogP contribution in [0.1, 0.15) is 5.76 Å². The Bertz CT molecular complexity index is 393.